The summed E-state index contributed by atoms with van der Waals surface area (Å²) in [5.74, 6) is 1.14. The van der Waals surface area contributed by atoms with Gasteiger partial charge < -0.3 is 19.4 Å². The molecular weight excluding hydrogens is 342 g/mol. The first-order valence-corrected chi connectivity index (χ1v) is 10.6. The smallest absolute Gasteiger partial charge is 0.410 e. The van der Waals surface area contributed by atoms with E-state index in [-0.39, 0.29) is 23.0 Å². The van der Waals surface area contributed by atoms with Crippen molar-refractivity contribution in [1.82, 2.24) is 14.7 Å². The Kier molecular flexibility index (Phi) is 5.76. The number of nitrogens with zero attached hydrogens (tertiary/aromatic N) is 3. The first-order valence-electron chi connectivity index (χ1n) is 10.6. The van der Waals surface area contributed by atoms with Crippen molar-refractivity contribution in [3.63, 3.8) is 0 Å². The second-order valence-electron chi connectivity index (χ2n) is 10.1. The fourth-order valence-corrected chi connectivity index (χ4v) is 4.61. The van der Waals surface area contributed by atoms with Crippen molar-refractivity contribution in [2.75, 3.05) is 46.3 Å². The third kappa shape index (κ3) is 4.76. The number of carbonyl (C=O) groups is 2. The van der Waals surface area contributed by atoms with Gasteiger partial charge in [-0.25, -0.2) is 4.79 Å². The van der Waals surface area contributed by atoms with Crippen LogP contribution < -0.4 is 0 Å². The summed E-state index contributed by atoms with van der Waals surface area (Å²) in [4.78, 5) is 31.1. The maximum atomic E-state index is 12.6. The molecule has 0 N–H and O–H groups in total. The minimum atomic E-state index is -0.378. The van der Waals surface area contributed by atoms with Gasteiger partial charge in [-0.15, -0.1) is 0 Å². The Balaban J connectivity index is 1.43. The fraction of sp³-hybridized carbons (Fsp3) is 0.905. The molecule has 0 aromatic rings. The van der Waals surface area contributed by atoms with Gasteiger partial charge in [-0.2, -0.15) is 0 Å². The van der Waals surface area contributed by atoms with E-state index in [1.54, 1.807) is 0 Å². The molecular formula is C21H37N3O3. The molecule has 6 heteroatoms. The lowest BCUT2D eigenvalue weighted by atomic mass is 9.91. The van der Waals surface area contributed by atoms with Crippen molar-refractivity contribution < 1.29 is 14.3 Å². The number of piperidine rings is 1. The van der Waals surface area contributed by atoms with Gasteiger partial charge in [-0.05, 0) is 37.8 Å². The topological polar surface area (TPSA) is 53.1 Å². The van der Waals surface area contributed by atoms with Crippen LogP contribution in [0.3, 0.4) is 0 Å². The molecule has 0 radical (unpaired) electrons. The van der Waals surface area contributed by atoms with E-state index in [0.29, 0.717) is 31.5 Å². The summed E-state index contributed by atoms with van der Waals surface area (Å²) in [5, 5.41) is 0. The largest absolute Gasteiger partial charge is 0.441 e. The highest BCUT2D eigenvalue weighted by molar-refractivity contribution is 5.82. The Morgan fingerprint density at radius 1 is 1.30 bits per heavy atom. The number of carbonyl (C=O) groups excluding carboxylic acids is 2. The molecule has 0 aromatic heterocycles. The van der Waals surface area contributed by atoms with Crippen LogP contribution in [0.25, 0.3) is 0 Å². The molecule has 3 rings (SSSR count). The highest BCUT2D eigenvalue weighted by Crippen LogP contribution is 2.52. The standard InChI is InChI=1S/C21H37N3O3/c1-16(2)14-22(5)9-6-10-24-15-21(27-19(24)26)7-11-23(12-8-21)18(25)17-13-20(17,3)4/h16-17H,6-15H2,1-5H3/t17-/m0/s1. The summed E-state index contributed by atoms with van der Waals surface area (Å²) in [6.45, 7) is 13.7. The zero-order chi connectivity index (χ0) is 19.8. The number of hydrogen-bond donors (Lipinski definition) is 0. The first-order chi connectivity index (χ1) is 12.6. The van der Waals surface area contributed by atoms with Crippen LogP contribution in [0.2, 0.25) is 0 Å². The quantitative estimate of drug-likeness (QED) is 0.683. The molecule has 3 fully saturated rings. The number of rotatable bonds is 7. The predicted molar refractivity (Wildman–Crippen MR) is 105 cm³/mol. The minimum Gasteiger partial charge on any atom is -0.441 e. The third-order valence-electron chi connectivity index (χ3n) is 6.48. The maximum absolute atomic E-state index is 12.6. The SMILES string of the molecule is CC(C)CN(C)CCCN1CC2(CCN(C(=O)[C@@H]3CC3(C)C)CC2)OC1=O. The minimum absolute atomic E-state index is 0.172. The Morgan fingerprint density at radius 2 is 1.93 bits per heavy atom. The Bertz CT molecular complexity index is 567. The molecule has 1 aliphatic carbocycles. The monoisotopic (exact) mass is 379 g/mol. The zero-order valence-corrected chi connectivity index (χ0v) is 17.8. The van der Waals surface area contributed by atoms with Crippen molar-refractivity contribution in [3.05, 3.63) is 0 Å². The molecule has 6 nitrogen and oxygen atoms in total. The molecule has 2 heterocycles. The summed E-state index contributed by atoms with van der Waals surface area (Å²) in [5.41, 5.74) is -0.206. The second kappa shape index (κ2) is 7.61. The number of amides is 2. The van der Waals surface area contributed by atoms with Gasteiger partial charge in [0.25, 0.3) is 0 Å². The van der Waals surface area contributed by atoms with Crippen molar-refractivity contribution in [2.45, 2.75) is 59.0 Å². The average molecular weight is 380 g/mol. The van der Waals surface area contributed by atoms with Crippen LogP contribution in [0, 0.1) is 17.3 Å². The molecule has 0 unspecified atom stereocenters. The lowest BCUT2D eigenvalue weighted by molar-refractivity contribution is -0.136. The molecule has 0 aromatic carbocycles. The summed E-state index contributed by atoms with van der Waals surface area (Å²) < 4.78 is 5.81. The second-order valence-corrected chi connectivity index (χ2v) is 10.1. The van der Waals surface area contributed by atoms with Crippen LogP contribution in [0.15, 0.2) is 0 Å². The summed E-state index contributed by atoms with van der Waals surface area (Å²) in [6, 6.07) is 0. The van der Waals surface area contributed by atoms with Gasteiger partial charge in [0.05, 0.1) is 6.54 Å². The van der Waals surface area contributed by atoms with Gasteiger partial charge in [-0.3, -0.25) is 4.79 Å². The van der Waals surface area contributed by atoms with Crippen molar-refractivity contribution in [2.24, 2.45) is 17.3 Å². The fourth-order valence-electron chi connectivity index (χ4n) is 4.61. The Labute approximate surface area is 164 Å². The van der Waals surface area contributed by atoms with E-state index in [2.05, 4.69) is 39.6 Å². The summed E-state index contributed by atoms with van der Waals surface area (Å²) >= 11 is 0. The van der Waals surface area contributed by atoms with E-state index in [1.165, 1.54) is 0 Å². The third-order valence-corrected chi connectivity index (χ3v) is 6.48. The lowest BCUT2D eigenvalue weighted by Gasteiger charge is -2.37. The Morgan fingerprint density at radius 3 is 2.48 bits per heavy atom. The maximum Gasteiger partial charge on any atom is 0.410 e. The average Bonchev–Trinajstić information content (AvgIpc) is 3.10. The van der Waals surface area contributed by atoms with Gasteiger partial charge in [0.15, 0.2) is 0 Å². The molecule has 154 valence electrons. The number of hydrogen-bond acceptors (Lipinski definition) is 4. The van der Waals surface area contributed by atoms with Crippen LogP contribution >= 0.6 is 0 Å². The molecule has 27 heavy (non-hydrogen) atoms. The van der Waals surface area contributed by atoms with Crippen molar-refractivity contribution in [1.29, 1.82) is 0 Å². The van der Waals surface area contributed by atoms with Gasteiger partial charge >= 0.3 is 6.09 Å². The first kappa shape index (κ1) is 20.4. The zero-order valence-electron chi connectivity index (χ0n) is 17.8. The molecule has 1 atom stereocenters. The van der Waals surface area contributed by atoms with Crippen LogP contribution in [0.1, 0.15) is 53.4 Å². The van der Waals surface area contributed by atoms with Gasteiger partial charge in [0.1, 0.15) is 5.60 Å². The van der Waals surface area contributed by atoms with Crippen molar-refractivity contribution >= 4 is 12.0 Å². The van der Waals surface area contributed by atoms with Crippen molar-refractivity contribution in [3.8, 4) is 0 Å². The van der Waals surface area contributed by atoms with E-state index in [4.69, 9.17) is 4.74 Å². The predicted octanol–water partition coefficient (Wildman–Crippen LogP) is 2.82. The molecule has 2 amide bonds. The van der Waals surface area contributed by atoms with Gasteiger partial charge in [0, 0.05) is 44.9 Å². The molecule has 1 spiro atoms. The van der Waals surface area contributed by atoms with E-state index >= 15 is 0 Å². The highest BCUT2D eigenvalue weighted by Gasteiger charge is 2.54. The van der Waals surface area contributed by atoms with Crippen LogP contribution in [-0.4, -0.2) is 78.6 Å². The van der Waals surface area contributed by atoms with Gasteiger partial charge in [0.2, 0.25) is 5.91 Å². The molecule has 3 aliphatic rings. The summed E-state index contributed by atoms with van der Waals surface area (Å²) in [7, 11) is 2.14. The van der Waals surface area contributed by atoms with Crippen LogP contribution in [0.5, 0.6) is 0 Å². The van der Waals surface area contributed by atoms with E-state index < -0.39 is 0 Å². The summed E-state index contributed by atoms with van der Waals surface area (Å²) in [6.07, 6.45) is 3.32. The normalized spacial score (nSPS) is 26.2. The molecule has 2 saturated heterocycles. The Hall–Kier alpha value is -1.30. The van der Waals surface area contributed by atoms with E-state index in [1.807, 2.05) is 9.80 Å². The van der Waals surface area contributed by atoms with Gasteiger partial charge in [-0.1, -0.05) is 27.7 Å². The molecule has 0 bridgehead atoms. The number of likely N-dealkylation sites (tertiary alicyclic amines) is 1. The van der Waals surface area contributed by atoms with E-state index in [0.717, 1.165) is 45.3 Å². The van der Waals surface area contributed by atoms with E-state index in [9.17, 15) is 9.59 Å². The number of ether oxygens (including phenoxy) is 1. The lowest BCUT2D eigenvalue weighted by Crippen LogP contribution is -2.49. The molecule has 2 aliphatic heterocycles. The van der Waals surface area contributed by atoms with Crippen LogP contribution in [0.4, 0.5) is 4.79 Å². The highest BCUT2D eigenvalue weighted by atomic mass is 16.6. The van der Waals surface area contributed by atoms with Crippen LogP contribution in [-0.2, 0) is 9.53 Å². The molecule has 1 saturated carbocycles.